The molecule has 0 aliphatic carbocycles. The zero-order valence-electron chi connectivity index (χ0n) is 12.5. The van der Waals surface area contributed by atoms with Crippen LogP contribution in [0.3, 0.4) is 0 Å². The lowest BCUT2D eigenvalue weighted by Gasteiger charge is -2.20. The van der Waals surface area contributed by atoms with Crippen LogP contribution >= 0.6 is 0 Å². The Bertz CT molecular complexity index is 834. The number of fused-ring (bicyclic) bond motifs is 1. The molecule has 10 heteroatoms. The summed E-state index contributed by atoms with van der Waals surface area (Å²) in [5.41, 5.74) is 0.181. The van der Waals surface area contributed by atoms with E-state index in [-0.39, 0.29) is 6.61 Å². The number of nitrogens with one attached hydrogen (secondary N) is 1. The number of anilines is 1. The summed E-state index contributed by atoms with van der Waals surface area (Å²) in [5.74, 6) is 0.411. The maximum atomic E-state index is 12.9. The van der Waals surface area contributed by atoms with Gasteiger partial charge in [0.25, 0.3) is 0 Å². The minimum atomic E-state index is -4.41. The second-order valence-corrected chi connectivity index (χ2v) is 5.02. The number of alkyl halides is 3. The Morgan fingerprint density at radius 3 is 2.83 bits per heavy atom. The number of aromatic nitrogens is 5. The highest BCUT2D eigenvalue weighted by molar-refractivity contribution is 5.44. The topological polar surface area (TPSA) is 77.2 Å². The third-order valence-corrected chi connectivity index (χ3v) is 3.34. The predicted octanol–water partition coefficient (Wildman–Crippen LogP) is 2.34. The molecule has 1 unspecified atom stereocenters. The van der Waals surface area contributed by atoms with Crippen molar-refractivity contribution in [3.63, 3.8) is 0 Å². The summed E-state index contributed by atoms with van der Waals surface area (Å²) < 4.78 is 45.0. The zero-order chi connectivity index (χ0) is 17.2. The fourth-order valence-corrected chi connectivity index (χ4v) is 2.22. The fraction of sp³-hybridized carbons (Fsp3) is 0.286. The van der Waals surface area contributed by atoms with E-state index in [0.29, 0.717) is 17.0 Å². The van der Waals surface area contributed by atoms with Gasteiger partial charge in [-0.25, -0.2) is 0 Å². The maximum absolute atomic E-state index is 12.9. The summed E-state index contributed by atoms with van der Waals surface area (Å²) in [6.07, 6.45) is -4.41. The lowest BCUT2D eigenvalue weighted by atomic mass is 10.0. The van der Waals surface area contributed by atoms with Crippen molar-refractivity contribution in [1.29, 1.82) is 0 Å². The predicted molar refractivity (Wildman–Crippen MR) is 78.3 cm³/mol. The van der Waals surface area contributed by atoms with Gasteiger partial charge in [0.2, 0.25) is 0 Å². The van der Waals surface area contributed by atoms with E-state index in [2.05, 4.69) is 25.9 Å². The Morgan fingerprint density at radius 2 is 2.08 bits per heavy atom. The Hall–Kier alpha value is -2.75. The van der Waals surface area contributed by atoms with Crippen molar-refractivity contribution in [1.82, 2.24) is 25.3 Å². The number of ether oxygens (including phenoxy) is 1. The Kier molecular flexibility index (Phi) is 4.30. The highest BCUT2D eigenvalue weighted by Crippen LogP contribution is 2.31. The van der Waals surface area contributed by atoms with Crippen LogP contribution in [-0.2, 0) is 10.9 Å². The van der Waals surface area contributed by atoms with Crippen molar-refractivity contribution in [2.24, 2.45) is 0 Å². The van der Waals surface area contributed by atoms with Crippen LogP contribution in [0.25, 0.3) is 5.65 Å². The Morgan fingerprint density at radius 1 is 1.25 bits per heavy atom. The van der Waals surface area contributed by atoms with Gasteiger partial charge in [0.05, 0.1) is 18.2 Å². The van der Waals surface area contributed by atoms with E-state index < -0.39 is 17.8 Å². The molecule has 0 fully saturated rings. The van der Waals surface area contributed by atoms with Crippen molar-refractivity contribution in [3.05, 3.63) is 47.5 Å². The summed E-state index contributed by atoms with van der Waals surface area (Å²) in [4.78, 5) is 0. The van der Waals surface area contributed by atoms with Crippen LogP contribution in [0.5, 0.6) is 0 Å². The molecule has 24 heavy (non-hydrogen) atoms. The third kappa shape index (κ3) is 3.43. The van der Waals surface area contributed by atoms with Crippen LogP contribution in [0.2, 0.25) is 0 Å². The lowest BCUT2D eigenvalue weighted by Crippen LogP contribution is -2.18. The number of rotatable bonds is 5. The molecule has 0 spiro atoms. The molecule has 0 aliphatic rings. The van der Waals surface area contributed by atoms with Gasteiger partial charge in [0.15, 0.2) is 5.65 Å². The minimum absolute atomic E-state index is 0.163. The highest BCUT2D eigenvalue weighted by atomic mass is 19.4. The summed E-state index contributed by atoms with van der Waals surface area (Å²) in [7, 11) is 1.47. The van der Waals surface area contributed by atoms with Crippen molar-refractivity contribution in [2.45, 2.75) is 12.2 Å². The van der Waals surface area contributed by atoms with Gasteiger partial charge in [0, 0.05) is 7.11 Å². The molecule has 3 aromatic rings. The van der Waals surface area contributed by atoms with Gasteiger partial charge in [-0.05, 0) is 40.3 Å². The first-order valence-corrected chi connectivity index (χ1v) is 6.95. The van der Waals surface area contributed by atoms with E-state index in [0.717, 1.165) is 12.1 Å². The molecule has 7 nitrogen and oxygen atoms in total. The number of hydrogen-bond donors (Lipinski definition) is 1. The molecule has 0 saturated heterocycles. The number of tetrazole rings is 1. The van der Waals surface area contributed by atoms with Crippen LogP contribution in [0.1, 0.15) is 17.2 Å². The first-order chi connectivity index (χ1) is 11.5. The molecule has 1 N–H and O–H groups in total. The Labute approximate surface area is 134 Å². The Balaban J connectivity index is 1.89. The van der Waals surface area contributed by atoms with E-state index in [9.17, 15) is 13.2 Å². The molecule has 0 saturated carbocycles. The number of halogens is 3. The van der Waals surface area contributed by atoms with E-state index in [1.54, 1.807) is 18.2 Å². The molecule has 2 heterocycles. The SMILES string of the molecule is COCC(Nc1ccc2nnnn2n1)c1cccc(C(F)(F)F)c1. The molecular formula is C14H13F3N6O. The molecular weight excluding hydrogens is 325 g/mol. The molecule has 0 radical (unpaired) electrons. The van der Waals surface area contributed by atoms with Crippen LogP contribution in [0.4, 0.5) is 19.0 Å². The first kappa shape index (κ1) is 16.1. The van der Waals surface area contributed by atoms with Crippen molar-refractivity contribution >= 4 is 11.5 Å². The maximum Gasteiger partial charge on any atom is 0.416 e. The molecule has 0 amide bonds. The number of benzene rings is 1. The molecule has 0 bridgehead atoms. The van der Waals surface area contributed by atoms with E-state index in [1.807, 2.05) is 0 Å². The van der Waals surface area contributed by atoms with Gasteiger partial charge in [-0.1, -0.05) is 12.1 Å². The largest absolute Gasteiger partial charge is 0.416 e. The van der Waals surface area contributed by atoms with Gasteiger partial charge in [-0.2, -0.15) is 13.2 Å². The molecule has 0 aliphatic heterocycles. The van der Waals surface area contributed by atoms with Gasteiger partial charge in [-0.15, -0.1) is 14.8 Å². The number of hydrogen-bond acceptors (Lipinski definition) is 6. The molecule has 3 rings (SSSR count). The molecule has 126 valence electrons. The van der Waals surface area contributed by atoms with Gasteiger partial charge >= 0.3 is 6.18 Å². The van der Waals surface area contributed by atoms with Crippen LogP contribution in [0.15, 0.2) is 36.4 Å². The normalized spacial score (nSPS) is 13.2. The fourth-order valence-electron chi connectivity index (χ4n) is 2.22. The lowest BCUT2D eigenvalue weighted by molar-refractivity contribution is -0.137. The standard InChI is InChI=1S/C14H13F3N6O/c1-24-8-11(9-3-2-4-10(7-9)14(15,16)17)18-12-5-6-13-19-21-22-23(13)20-12/h2-7,11H,8H2,1H3,(H,18,20). The van der Waals surface area contributed by atoms with Crippen LogP contribution in [-0.4, -0.2) is 39.0 Å². The first-order valence-electron chi connectivity index (χ1n) is 6.95. The molecule has 1 atom stereocenters. The summed E-state index contributed by atoms with van der Waals surface area (Å²) in [6, 6.07) is 7.85. The minimum Gasteiger partial charge on any atom is -0.382 e. The molecule has 2 aromatic heterocycles. The summed E-state index contributed by atoms with van der Waals surface area (Å²) >= 11 is 0. The number of nitrogens with zero attached hydrogens (tertiary/aromatic N) is 5. The average molecular weight is 338 g/mol. The van der Waals surface area contributed by atoms with Crippen molar-refractivity contribution in [2.75, 3.05) is 19.0 Å². The van der Waals surface area contributed by atoms with Crippen LogP contribution in [0, 0.1) is 0 Å². The second kappa shape index (κ2) is 6.40. The average Bonchev–Trinajstić information content (AvgIpc) is 3.01. The van der Waals surface area contributed by atoms with E-state index in [4.69, 9.17) is 4.74 Å². The van der Waals surface area contributed by atoms with Crippen molar-refractivity contribution < 1.29 is 17.9 Å². The number of methoxy groups -OCH3 is 1. The van der Waals surface area contributed by atoms with Crippen LogP contribution < -0.4 is 5.32 Å². The van der Waals surface area contributed by atoms with Gasteiger partial charge in [0.1, 0.15) is 5.82 Å². The van der Waals surface area contributed by atoms with Gasteiger partial charge < -0.3 is 10.1 Å². The monoisotopic (exact) mass is 338 g/mol. The van der Waals surface area contributed by atoms with E-state index >= 15 is 0 Å². The van der Waals surface area contributed by atoms with Crippen molar-refractivity contribution in [3.8, 4) is 0 Å². The molecule has 1 aromatic carbocycles. The summed E-state index contributed by atoms with van der Waals surface area (Å²) in [5, 5.41) is 18.1. The third-order valence-electron chi connectivity index (χ3n) is 3.34. The smallest absolute Gasteiger partial charge is 0.382 e. The van der Waals surface area contributed by atoms with Gasteiger partial charge in [-0.3, -0.25) is 0 Å². The summed E-state index contributed by atoms with van der Waals surface area (Å²) in [6.45, 7) is 0.163. The quantitative estimate of drug-likeness (QED) is 0.769. The zero-order valence-corrected chi connectivity index (χ0v) is 12.5. The van der Waals surface area contributed by atoms with E-state index in [1.165, 1.54) is 17.8 Å². The highest BCUT2D eigenvalue weighted by Gasteiger charge is 2.31. The second-order valence-electron chi connectivity index (χ2n) is 5.02.